The summed E-state index contributed by atoms with van der Waals surface area (Å²) in [5.41, 5.74) is 2.45. The standard InChI is InChI=1S/C19H25FN4O/c1-19(2,3)17-13-16(22(4)21-17)18(25)24-11-9-23(10-12-24)15-7-5-14(20)6-8-15/h5-8,13H,9-12H2,1-4H3. The van der Waals surface area contributed by atoms with Crippen molar-refractivity contribution in [2.24, 2.45) is 7.05 Å². The molecule has 1 saturated heterocycles. The molecule has 0 aliphatic carbocycles. The average molecular weight is 344 g/mol. The van der Waals surface area contributed by atoms with E-state index in [1.54, 1.807) is 16.8 Å². The molecule has 0 radical (unpaired) electrons. The zero-order chi connectivity index (χ0) is 18.2. The zero-order valence-corrected chi connectivity index (χ0v) is 15.3. The van der Waals surface area contributed by atoms with Crippen LogP contribution in [-0.2, 0) is 12.5 Å². The number of rotatable bonds is 2. The molecule has 134 valence electrons. The lowest BCUT2D eigenvalue weighted by molar-refractivity contribution is 0.0735. The second kappa shape index (κ2) is 6.50. The van der Waals surface area contributed by atoms with Crippen LogP contribution < -0.4 is 4.90 Å². The number of amides is 1. The molecule has 0 N–H and O–H groups in total. The molecule has 0 unspecified atom stereocenters. The molecule has 1 fully saturated rings. The molecule has 0 bridgehead atoms. The lowest BCUT2D eigenvalue weighted by Crippen LogP contribution is -2.49. The highest BCUT2D eigenvalue weighted by atomic mass is 19.1. The van der Waals surface area contributed by atoms with Crippen molar-refractivity contribution in [2.75, 3.05) is 31.1 Å². The molecule has 1 aromatic carbocycles. The minimum Gasteiger partial charge on any atom is -0.368 e. The Morgan fingerprint density at radius 1 is 1.08 bits per heavy atom. The number of carbonyl (C=O) groups excluding carboxylic acids is 1. The molecular formula is C19H25FN4O. The molecule has 1 aromatic heterocycles. The highest BCUT2D eigenvalue weighted by Crippen LogP contribution is 2.23. The highest BCUT2D eigenvalue weighted by Gasteiger charge is 2.27. The number of piperazine rings is 1. The van der Waals surface area contributed by atoms with Gasteiger partial charge >= 0.3 is 0 Å². The third-order valence-electron chi connectivity index (χ3n) is 4.63. The lowest BCUT2D eigenvalue weighted by Gasteiger charge is -2.36. The molecule has 6 heteroatoms. The Balaban J connectivity index is 1.67. The maximum atomic E-state index is 13.1. The van der Waals surface area contributed by atoms with Crippen molar-refractivity contribution < 1.29 is 9.18 Å². The van der Waals surface area contributed by atoms with Crippen LogP contribution >= 0.6 is 0 Å². The first-order valence-electron chi connectivity index (χ1n) is 8.60. The number of hydrogen-bond donors (Lipinski definition) is 0. The number of anilines is 1. The van der Waals surface area contributed by atoms with Gasteiger partial charge in [-0.1, -0.05) is 20.8 Å². The van der Waals surface area contributed by atoms with Crippen LogP contribution in [0.1, 0.15) is 37.0 Å². The van der Waals surface area contributed by atoms with Crippen LogP contribution in [0.2, 0.25) is 0 Å². The lowest BCUT2D eigenvalue weighted by atomic mass is 9.92. The van der Waals surface area contributed by atoms with Crippen molar-refractivity contribution in [3.63, 3.8) is 0 Å². The van der Waals surface area contributed by atoms with Crippen LogP contribution in [-0.4, -0.2) is 46.8 Å². The Labute approximate surface area is 148 Å². The molecule has 1 aliphatic heterocycles. The second-order valence-corrected chi connectivity index (χ2v) is 7.54. The van der Waals surface area contributed by atoms with Crippen molar-refractivity contribution >= 4 is 11.6 Å². The van der Waals surface area contributed by atoms with E-state index in [-0.39, 0.29) is 17.1 Å². The minimum absolute atomic E-state index is 0.0178. The van der Waals surface area contributed by atoms with Gasteiger partial charge in [0.25, 0.3) is 5.91 Å². The normalized spacial score (nSPS) is 15.6. The SMILES string of the molecule is Cn1nc(C(C)(C)C)cc1C(=O)N1CCN(c2ccc(F)cc2)CC1. The number of aryl methyl sites for hydroxylation is 1. The van der Waals surface area contributed by atoms with Gasteiger partial charge in [-0.25, -0.2) is 4.39 Å². The van der Waals surface area contributed by atoms with Gasteiger partial charge in [0, 0.05) is 44.3 Å². The van der Waals surface area contributed by atoms with E-state index < -0.39 is 0 Å². The van der Waals surface area contributed by atoms with Crippen molar-refractivity contribution in [1.82, 2.24) is 14.7 Å². The first-order valence-corrected chi connectivity index (χ1v) is 8.60. The Hall–Kier alpha value is -2.37. The Bertz CT molecular complexity index is 753. The van der Waals surface area contributed by atoms with Gasteiger partial charge in [-0.3, -0.25) is 9.48 Å². The number of nitrogens with zero attached hydrogens (tertiary/aromatic N) is 4. The smallest absolute Gasteiger partial charge is 0.272 e. The third-order valence-corrected chi connectivity index (χ3v) is 4.63. The molecule has 25 heavy (non-hydrogen) atoms. The predicted molar refractivity (Wildman–Crippen MR) is 96.4 cm³/mol. The van der Waals surface area contributed by atoms with Gasteiger partial charge in [-0.2, -0.15) is 5.10 Å². The molecular weight excluding hydrogens is 319 g/mol. The number of hydrogen-bond acceptors (Lipinski definition) is 3. The molecule has 1 aliphatic rings. The summed E-state index contributed by atoms with van der Waals surface area (Å²) in [7, 11) is 1.82. The van der Waals surface area contributed by atoms with Crippen molar-refractivity contribution in [3.05, 3.63) is 47.5 Å². The van der Waals surface area contributed by atoms with Crippen molar-refractivity contribution in [2.45, 2.75) is 26.2 Å². The van der Waals surface area contributed by atoms with E-state index in [1.807, 2.05) is 18.0 Å². The molecule has 0 saturated carbocycles. The zero-order valence-electron chi connectivity index (χ0n) is 15.3. The van der Waals surface area contributed by atoms with Gasteiger partial charge in [-0.05, 0) is 30.3 Å². The Morgan fingerprint density at radius 2 is 1.68 bits per heavy atom. The van der Waals surface area contributed by atoms with E-state index >= 15 is 0 Å². The summed E-state index contributed by atoms with van der Waals surface area (Å²) in [6, 6.07) is 8.40. The van der Waals surface area contributed by atoms with E-state index in [0.29, 0.717) is 18.8 Å². The maximum Gasteiger partial charge on any atom is 0.272 e. The number of carbonyl (C=O) groups is 1. The van der Waals surface area contributed by atoms with Gasteiger partial charge in [0.15, 0.2) is 0 Å². The van der Waals surface area contributed by atoms with Crippen LogP contribution in [0.3, 0.4) is 0 Å². The molecule has 5 nitrogen and oxygen atoms in total. The van der Waals surface area contributed by atoms with E-state index in [0.717, 1.165) is 24.5 Å². The summed E-state index contributed by atoms with van der Waals surface area (Å²) < 4.78 is 14.7. The average Bonchev–Trinajstić information content (AvgIpc) is 2.97. The van der Waals surface area contributed by atoms with Crippen LogP contribution in [0.4, 0.5) is 10.1 Å². The van der Waals surface area contributed by atoms with E-state index in [1.165, 1.54) is 12.1 Å². The van der Waals surface area contributed by atoms with Crippen molar-refractivity contribution in [3.8, 4) is 0 Å². The van der Waals surface area contributed by atoms with Crippen LogP contribution in [0, 0.1) is 5.82 Å². The molecule has 0 spiro atoms. The summed E-state index contributed by atoms with van der Waals surface area (Å²) in [5, 5.41) is 4.49. The molecule has 2 heterocycles. The first-order chi connectivity index (χ1) is 11.8. The van der Waals surface area contributed by atoms with Crippen LogP contribution in [0.5, 0.6) is 0 Å². The predicted octanol–water partition coefficient (Wildman–Crippen LogP) is 2.82. The largest absolute Gasteiger partial charge is 0.368 e. The van der Waals surface area contributed by atoms with Gasteiger partial charge < -0.3 is 9.80 Å². The van der Waals surface area contributed by atoms with Gasteiger partial charge in [0.2, 0.25) is 0 Å². The van der Waals surface area contributed by atoms with Gasteiger partial charge in [0.1, 0.15) is 11.5 Å². The number of halogens is 1. The van der Waals surface area contributed by atoms with E-state index in [4.69, 9.17) is 0 Å². The molecule has 3 rings (SSSR count). The monoisotopic (exact) mass is 344 g/mol. The Kier molecular flexibility index (Phi) is 4.54. The van der Waals surface area contributed by atoms with Gasteiger partial charge in [0.05, 0.1) is 5.69 Å². The summed E-state index contributed by atoms with van der Waals surface area (Å²) >= 11 is 0. The number of aromatic nitrogens is 2. The molecule has 1 amide bonds. The molecule has 2 aromatic rings. The summed E-state index contributed by atoms with van der Waals surface area (Å²) in [6.07, 6.45) is 0. The van der Waals surface area contributed by atoms with Crippen molar-refractivity contribution in [1.29, 1.82) is 0 Å². The summed E-state index contributed by atoms with van der Waals surface area (Å²) in [6.45, 7) is 9.03. The number of benzene rings is 1. The molecule has 0 atom stereocenters. The van der Waals surface area contributed by atoms with Gasteiger partial charge in [-0.15, -0.1) is 0 Å². The summed E-state index contributed by atoms with van der Waals surface area (Å²) in [5.74, 6) is -0.215. The van der Waals surface area contributed by atoms with E-state index in [2.05, 4.69) is 30.8 Å². The maximum absolute atomic E-state index is 13.1. The Morgan fingerprint density at radius 3 is 2.20 bits per heavy atom. The summed E-state index contributed by atoms with van der Waals surface area (Å²) in [4.78, 5) is 16.9. The highest BCUT2D eigenvalue weighted by molar-refractivity contribution is 5.93. The fourth-order valence-electron chi connectivity index (χ4n) is 3.02. The van der Waals surface area contributed by atoms with Crippen LogP contribution in [0.25, 0.3) is 0 Å². The first kappa shape index (κ1) is 17.5. The quantitative estimate of drug-likeness (QED) is 0.841. The third kappa shape index (κ3) is 3.67. The fourth-order valence-corrected chi connectivity index (χ4v) is 3.02. The fraction of sp³-hybridized carbons (Fsp3) is 0.474. The van der Waals surface area contributed by atoms with Crippen LogP contribution in [0.15, 0.2) is 30.3 Å². The topological polar surface area (TPSA) is 41.4 Å². The minimum atomic E-state index is -0.233. The second-order valence-electron chi connectivity index (χ2n) is 7.54. The van der Waals surface area contributed by atoms with E-state index in [9.17, 15) is 9.18 Å².